The predicted molar refractivity (Wildman–Crippen MR) is 179 cm³/mol. The fraction of sp³-hybridized carbons (Fsp3) is 0.412. The summed E-state index contributed by atoms with van der Waals surface area (Å²) in [5.41, 5.74) is 0.169. The third-order valence-electron chi connectivity index (χ3n) is 7.25. The summed E-state index contributed by atoms with van der Waals surface area (Å²) in [7, 11) is 2.74. The number of ether oxygens (including phenoxy) is 5. The van der Waals surface area contributed by atoms with Crippen LogP contribution >= 0.6 is 0 Å². The first-order valence-corrected chi connectivity index (χ1v) is 16.4. The van der Waals surface area contributed by atoms with Crippen LogP contribution in [0.4, 0.5) is 5.69 Å². The maximum atomic E-state index is 14.5. The van der Waals surface area contributed by atoms with E-state index < -0.39 is 34.1 Å². The number of carbonyl (C=O) groups is 2. The van der Waals surface area contributed by atoms with E-state index >= 15 is 0 Å². The predicted octanol–water partition coefficient (Wildman–Crippen LogP) is 4.65. The fourth-order valence-electron chi connectivity index (χ4n) is 4.95. The lowest BCUT2D eigenvalue weighted by Gasteiger charge is -2.35. The van der Waals surface area contributed by atoms with E-state index in [0.717, 1.165) is 4.31 Å². The second-order valence-electron chi connectivity index (χ2n) is 11.6. The Morgan fingerprint density at radius 1 is 0.787 bits per heavy atom. The summed E-state index contributed by atoms with van der Waals surface area (Å²) in [4.78, 5) is 29.3. The van der Waals surface area contributed by atoms with Gasteiger partial charge < -0.3 is 33.9 Å². The Morgan fingerprint density at radius 2 is 1.40 bits per heavy atom. The molecule has 12 nitrogen and oxygen atoms in total. The molecule has 256 valence electrons. The lowest BCUT2D eigenvalue weighted by atomic mass is 10.1. The quantitative estimate of drug-likeness (QED) is 0.245. The van der Waals surface area contributed by atoms with Crippen LogP contribution in [0.15, 0.2) is 65.6 Å². The van der Waals surface area contributed by atoms with Crippen LogP contribution in [0.3, 0.4) is 0 Å². The largest absolute Gasteiger partial charge is 0.497 e. The Morgan fingerprint density at radius 3 is 1.98 bits per heavy atom. The molecule has 0 fully saturated rings. The molecule has 0 unspecified atom stereocenters. The molecule has 3 rings (SSSR count). The standard InChI is InChI=1S/C34H45N3O9S/c1-10-27(33(39)35-34(2,3)4)36(21-23-12-11-13-24(18-23)42-5)32(38)22-37(28-19-25(43-6)14-16-29(28)44-7)47(40,41)26-15-17-30(45-8)31(20-26)46-9/h11-20,27H,10,21-22H2,1-9H3,(H,35,39)/t27-/m0/s1. The number of methoxy groups -OCH3 is 5. The zero-order valence-electron chi connectivity index (χ0n) is 28.4. The van der Waals surface area contributed by atoms with E-state index in [0.29, 0.717) is 22.8 Å². The highest BCUT2D eigenvalue weighted by Crippen LogP contribution is 2.38. The van der Waals surface area contributed by atoms with E-state index in [1.807, 2.05) is 20.8 Å². The average Bonchev–Trinajstić information content (AvgIpc) is 3.05. The van der Waals surface area contributed by atoms with Gasteiger partial charge in [-0.15, -0.1) is 0 Å². The number of sulfonamides is 1. The molecule has 0 bridgehead atoms. The van der Waals surface area contributed by atoms with E-state index in [2.05, 4.69) is 5.32 Å². The number of nitrogens with one attached hydrogen (secondary N) is 1. The van der Waals surface area contributed by atoms with Crippen molar-refractivity contribution in [2.24, 2.45) is 0 Å². The summed E-state index contributed by atoms with van der Waals surface area (Å²) >= 11 is 0. The summed E-state index contributed by atoms with van der Waals surface area (Å²) in [5, 5.41) is 2.96. The lowest BCUT2D eigenvalue weighted by molar-refractivity contribution is -0.141. The number of amides is 2. The summed E-state index contributed by atoms with van der Waals surface area (Å²) in [6, 6.07) is 15.0. The number of hydrogen-bond donors (Lipinski definition) is 1. The highest BCUT2D eigenvalue weighted by atomic mass is 32.2. The molecule has 0 aliphatic rings. The summed E-state index contributed by atoms with van der Waals surface area (Å²) < 4.78 is 57.0. The first kappa shape index (κ1) is 36.8. The van der Waals surface area contributed by atoms with Gasteiger partial charge in [-0.3, -0.25) is 13.9 Å². The van der Waals surface area contributed by atoms with Crippen molar-refractivity contribution in [1.82, 2.24) is 10.2 Å². The van der Waals surface area contributed by atoms with Crippen molar-refractivity contribution in [2.45, 2.75) is 57.1 Å². The molecule has 3 aromatic carbocycles. The summed E-state index contributed by atoms with van der Waals surface area (Å²) in [5.74, 6) is 0.600. The minimum atomic E-state index is -4.47. The van der Waals surface area contributed by atoms with Gasteiger partial charge in [-0.05, 0) is 69.2 Å². The average molecular weight is 672 g/mol. The van der Waals surface area contributed by atoms with Gasteiger partial charge in [0.25, 0.3) is 10.0 Å². The van der Waals surface area contributed by atoms with Gasteiger partial charge in [0, 0.05) is 24.2 Å². The molecule has 1 N–H and O–H groups in total. The maximum Gasteiger partial charge on any atom is 0.265 e. The molecular weight excluding hydrogens is 626 g/mol. The van der Waals surface area contributed by atoms with Crippen LogP contribution in [-0.2, 0) is 26.2 Å². The number of benzene rings is 3. The molecule has 0 heterocycles. The molecule has 0 spiro atoms. The van der Waals surface area contributed by atoms with Gasteiger partial charge in [-0.2, -0.15) is 0 Å². The van der Waals surface area contributed by atoms with Crippen LogP contribution in [0.2, 0.25) is 0 Å². The molecule has 1 atom stereocenters. The molecular formula is C34H45N3O9S. The number of rotatable bonds is 15. The molecule has 0 aliphatic carbocycles. The van der Waals surface area contributed by atoms with E-state index in [1.165, 1.54) is 64.7 Å². The van der Waals surface area contributed by atoms with Gasteiger partial charge in [-0.1, -0.05) is 19.1 Å². The van der Waals surface area contributed by atoms with Gasteiger partial charge in [0.2, 0.25) is 11.8 Å². The number of hydrogen-bond acceptors (Lipinski definition) is 9. The zero-order chi connectivity index (χ0) is 34.9. The van der Waals surface area contributed by atoms with E-state index in [9.17, 15) is 18.0 Å². The molecule has 0 saturated heterocycles. The smallest absolute Gasteiger partial charge is 0.265 e. The van der Waals surface area contributed by atoms with Crippen molar-refractivity contribution in [2.75, 3.05) is 46.4 Å². The fourth-order valence-corrected chi connectivity index (χ4v) is 6.38. The second-order valence-corrected chi connectivity index (χ2v) is 13.5. The normalized spacial score (nSPS) is 12.0. The van der Waals surface area contributed by atoms with E-state index in [-0.39, 0.29) is 41.0 Å². The summed E-state index contributed by atoms with van der Waals surface area (Å²) in [6.07, 6.45) is 0.266. The van der Waals surface area contributed by atoms with Crippen LogP contribution in [0, 0.1) is 0 Å². The lowest BCUT2D eigenvalue weighted by Crippen LogP contribution is -2.55. The third kappa shape index (κ3) is 9.00. The first-order valence-electron chi connectivity index (χ1n) is 14.9. The van der Waals surface area contributed by atoms with Crippen molar-refractivity contribution in [1.29, 1.82) is 0 Å². The SMILES string of the molecule is CC[C@@H](C(=O)NC(C)(C)C)N(Cc1cccc(OC)c1)C(=O)CN(c1cc(OC)ccc1OC)S(=O)(=O)c1ccc(OC)c(OC)c1. The third-order valence-corrected chi connectivity index (χ3v) is 9.00. The topological polar surface area (TPSA) is 133 Å². The Balaban J connectivity index is 2.22. The minimum Gasteiger partial charge on any atom is -0.497 e. The molecule has 0 aromatic heterocycles. The molecule has 0 radical (unpaired) electrons. The van der Waals surface area contributed by atoms with Crippen molar-refractivity contribution < 1.29 is 41.7 Å². The van der Waals surface area contributed by atoms with Crippen molar-refractivity contribution >= 4 is 27.5 Å². The molecule has 13 heteroatoms. The van der Waals surface area contributed by atoms with E-state index in [4.69, 9.17) is 23.7 Å². The molecule has 0 aliphatic heterocycles. The first-order chi connectivity index (χ1) is 22.2. The highest BCUT2D eigenvalue weighted by molar-refractivity contribution is 7.92. The van der Waals surface area contributed by atoms with Gasteiger partial charge in [0.15, 0.2) is 11.5 Å². The van der Waals surface area contributed by atoms with Crippen molar-refractivity contribution in [3.63, 3.8) is 0 Å². The molecule has 0 saturated carbocycles. The number of anilines is 1. The zero-order valence-corrected chi connectivity index (χ0v) is 29.3. The number of carbonyl (C=O) groups excluding carboxylic acids is 2. The number of nitrogens with zero attached hydrogens (tertiary/aromatic N) is 2. The van der Waals surface area contributed by atoms with Gasteiger partial charge in [0.1, 0.15) is 29.8 Å². The van der Waals surface area contributed by atoms with Crippen LogP contribution in [-0.4, -0.2) is 78.8 Å². The van der Waals surface area contributed by atoms with E-state index in [1.54, 1.807) is 43.3 Å². The highest BCUT2D eigenvalue weighted by Gasteiger charge is 2.36. The van der Waals surface area contributed by atoms with Gasteiger partial charge in [0.05, 0.1) is 46.1 Å². The monoisotopic (exact) mass is 671 g/mol. The molecule has 3 aromatic rings. The van der Waals surface area contributed by atoms with Crippen LogP contribution in [0.1, 0.15) is 39.7 Å². The molecule has 2 amide bonds. The van der Waals surface area contributed by atoms with Crippen LogP contribution < -0.4 is 33.3 Å². The van der Waals surface area contributed by atoms with Gasteiger partial charge >= 0.3 is 0 Å². The van der Waals surface area contributed by atoms with Crippen LogP contribution in [0.25, 0.3) is 0 Å². The minimum absolute atomic E-state index is 0.00555. The van der Waals surface area contributed by atoms with Crippen molar-refractivity contribution in [3.8, 4) is 28.7 Å². The van der Waals surface area contributed by atoms with Crippen molar-refractivity contribution in [3.05, 3.63) is 66.2 Å². The second kappa shape index (κ2) is 15.8. The van der Waals surface area contributed by atoms with Gasteiger partial charge in [-0.25, -0.2) is 8.42 Å². The summed E-state index contributed by atoms with van der Waals surface area (Å²) in [6.45, 7) is 6.66. The Kier molecular flexibility index (Phi) is 12.3. The van der Waals surface area contributed by atoms with Crippen LogP contribution in [0.5, 0.6) is 28.7 Å². The Hall–Kier alpha value is -4.65. The maximum absolute atomic E-state index is 14.5. The molecule has 47 heavy (non-hydrogen) atoms. The Bertz CT molecular complexity index is 1650. The Labute approximate surface area is 277 Å².